The van der Waals surface area contributed by atoms with Gasteiger partial charge in [0.05, 0.1) is 16.7 Å². The quantitative estimate of drug-likeness (QED) is 0.859. The van der Waals surface area contributed by atoms with Crippen LogP contribution in [0.3, 0.4) is 0 Å². The minimum Gasteiger partial charge on any atom is -0.376 e. The van der Waals surface area contributed by atoms with E-state index in [0.717, 1.165) is 41.7 Å². The molecule has 3 rings (SSSR count). The third kappa shape index (κ3) is 3.29. The molecule has 0 amide bonds. The number of nitrogens with zero attached hydrogens (tertiary/aromatic N) is 2. The number of fused-ring (bicyclic) bond motifs is 1. The Hall–Kier alpha value is -0.940. The minimum atomic E-state index is 0.0421. The molecular weight excluding hydrogens is 284 g/mol. The van der Waals surface area contributed by atoms with Crippen molar-refractivity contribution in [2.75, 3.05) is 25.1 Å². The summed E-state index contributed by atoms with van der Waals surface area (Å²) in [5, 5.41) is 0.959. The van der Waals surface area contributed by atoms with Crippen molar-refractivity contribution in [1.29, 1.82) is 0 Å². The fraction of sp³-hybridized carbons (Fsp3) is 0.750. The second kappa shape index (κ2) is 5.69. The topological polar surface area (TPSA) is 42.4 Å². The van der Waals surface area contributed by atoms with E-state index in [1.54, 1.807) is 11.3 Å². The average molecular weight is 308 g/mol. The second-order valence-corrected chi connectivity index (χ2v) is 8.06. The number of carbonyl (C=O) groups excluding carboxylic acids is 1. The first-order valence-corrected chi connectivity index (χ1v) is 8.62. The summed E-state index contributed by atoms with van der Waals surface area (Å²) in [6.07, 6.45) is 5.39. The number of rotatable bonds is 3. The molecule has 1 aliphatic heterocycles. The zero-order valence-corrected chi connectivity index (χ0v) is 14.0. The lowest BCUT2D eigenvalue weighted by Crippen LogP contribution is -2.33. The molecule has 0 spiro atoms. The minimum absolute atomic E-state index is 0.0421. The molecule has 1 aromatic rings. The highest BCUT2D eigenvalue weighted by Gasteiger charge is 2.34. The van der Waals surface area contributed by atoms with E-state index in [4.69, 9.17) is 9.72 Å². The predicted molar refractivity (Wildman–Crippen MR) is 85.4 cm³/mol. The number of aromatic nitrogens is 1. The molecule has 0 radical (unpaired) electrons. The monoisotopic (exact) mass is 308 g/mol. The van der Waals surface area contributed by atoms with Crippen molar-refractivity contribution >= 4 is 22.3 Å². The van der Waals surface area contributed by atoms with Crippen LogP contribution in [0.2, 0.25) is 0 Å². The summed E-state index contributed by atoms with van der Waals surface area (Å²) >= 11 is 1.55. The van der Waals surface area contributed by atoms with Crippen molar-refractivity contribution in [2.45, 2.75) is 52.1 Å². The molecule has 0 saturated carbocycles. The Morgan fingerprint density at radius 3 is 2.90 bits per heavy atom. The fourth-order valence-corrected chi connectivity index (χ4v) is 4.20. The first-order chi connectivity index (χ1) is 9.94. The highest BCUT2D eigenvalue weighted by atomic mass is 32.1. The zero-order valence-electron chi connectivity index (χ0n) is 13.1. The van der Waals surface area contributed by atoms with Gasteiger partial charge in [-0.2, -0.15) is 0 Å². The molecule has 21 heavy (non-hydrogen) atoms. The maximum Gasteiger partial charge on any atom is 0.186 e. The molecule has 2 heterocycles. The van der Waals surface area contributed by atoms with Gasteiger partial charge in [0.15, 0.2) is 10.9 Å². The molecule has 0 aromatic carbocycles. The summed E-state index contributed by atoms with van der Waals surface area (Å²) in [6.45, 7) is 6.03. The zero-order chi connectivity index (χ0) is 15.0. The predicted octanol–water partition coefficient (Wildman–Crippen LogP) is 3.30. The lowest BCUT2D eigenvalue weighted by molar-refractivity contribution is 0.0216. The van der Waals surface area contributed by atoms with Crippen LogP contribution in [0.15, 0.2) is 0 Å². The van der Waals surface area contributed by atoms with E-state index < -0.39 is 0 Å². The normalized spacial score (nSPS) is 24.7. The number of carbonyl (C=O) groups is 1. The van der Waals surface area contributed by atoms with E-state index in [2.05, 4.69) is 25.8 Å². The van der Waals surface area contributed by atoms with Crippen LogP contribution in [0.1, 0.15) is 54.9 Å². The summed E-state index contributed by atoms with van der Waals surface area (Å²) in [4.78, 5) is 20.0. The van der Waals surface area contributed by atoms with E-state index in [0.29, 0.717) is 12.5 Å². The van der Waals surface area contributed by atoms with Crippen molar-refractivity contribution in [1.82, 2.24) is 4.98 Å². The average Bonchev–Trinajstić information content (AvgIpc) is 2.82. The van der Waals surface area contributed by atoms with Crippen LogP contribution >= 0.6 is 11.3 Å². The third-order valence-corrected chi connectivity index (χ3v) is 5.56. The smallest absolute Gasteiger partial charge is 0.186 e. The number of ketones is 1. The van der Waals surface area contributed by atoms with E-state index >= 15 is 0 Å². The van der Waals surface area contributed by atoms with Gasteiger partial charge in [-0.05, 0) is 31.1 Å². The van der Waals surface area contributed by atoms with E-state index in [1.165, 1.54) is 12.8 Å². The Kier molecular flexibility index (Phi) is 4.06. The van der Waals surface area contributed by atoms with Crippen LogP contribution in [0.5, 0.6) is 0 Å². The van der Waals surface area contributed by atoms with Gasteiger partial charge in [-0.25, -0.2) is 4.98 Å². The number of hydrogen-bond donors (Lipinski definition) is 0. The number of Topliss-reactive ketones (excluding diaryl/α,β-unsaturated/α-hetero) is 1. The van der Waals surface area contributed by atoms with Crippen molar-refractivity contribution < 1.29 is 9.53 Å². The van der Waals surface area contributed by atoms with Crippen LogP contribution < -0.4 is 4.90 Å². The van der Waals surface area contributed by atoms with E-state index in [1.807, 2.05) is 0 Å². The van der Waals surface area contributed by atoms with Crippen molar-refractivity contribution in [2.24, 2.45) is 5.41 Å². The largest absolute Gasteiger partial charge is 0.376 e. The Morgan fingerprint density at radius 2 is 2.19 bits per heavy atom. The Labute approximate surface area is 130 Å². The van der Waals surface area contributed by atoms with E-state index in [-0.39, 0.29) is 11.2 Å². The summed E-state index contributed by atoms with van der Waals surface area (Å²) in [5.41, 5.74) is 1.04. The lowest BCUT2D eigenvalue weighted by atomic mass is 9.78. The SMILES string of the molecule is CN(CC1CCCCO1)c1nc2c(s1)C(=O)CC(C)(C)C2. The number of hydrogen-bond acceptors (Lipinski definition) is 5. The van der Waals surface area contributed by atoms with Crippen LogP contribution in [0.25, 0.3) is 0 Å². The summed E-state index contributed by atoms with van der Waals surface area (Å²) in [6, 6.07) is 0. The number of thiazole rings is 1. The highest BCUT2D eigenvalue weighted by molar-refractivity contribution is 7.17. The maximum absolute atomic E-state index is 12.3. The Bertz CT molecular complexity index is 532. The van der Waals surface area contributed by atoms with Crippen molar-refractivity contribution in [3.05, 3.63) is 10.6 Å². The molecule has 2 aliphatic rings. The Balaban J connectivity index is 1.73. The Morgan fingerprint density at radius 1 is 1.38 bits per heavy atom. The van der Waals surface area contributed by atoms with Gasteiger partial charge in [0.1, 0.15) is 0 Å². The van der Waals surface area contributed by atoms with Gasteiger partial charge < -0.3 is 9.64 Å². The number of likely N-dealkylation sites (N-methyl/N-ethyl adjacent to an activating group) is 1. The molecule has 116 valence electrons. The number of ether oxygens (including phenoxy) is 1. The van der Waals surface area contributed by atoms with Crippen molar-refractivity contribution in [3.8, 4) is 0 Å². The molecule has 1 fully saturated rings. The molecule has 1 aromatic heterocycles. The van der Waals surface area contributed by atoms with E-state index in [9.17, 15) is 4.79 Å². The molecular formula is C16H24N2O2S. The summed E-state index contributed by atoms with van der Waals surface area (Å²) in [5.74, 6) is 0.257. The lowest BCUT2D eigenvalue weighted by Gasteiger charge is -2.27. The van der Waals surface area contributed by atoms with Gasteiger partial charge in [0.25, 0.3) is 0 Å². The molecule has 4 nitrogen and oxygen atoms in total. The van der Waals surface area contributed by atoms with Crippen LogP contribution in [0.4, 0.5) is 5.13 Å². The van der Waals surface area contributed by atoms with Crippen LogP contribution in [-0.4, -0.2) is 37.1 Å². The van der Waals surface area contributed by atoms with Gasteiger partial charge in [-0.1, -0.05) is 25.2 Å². The summed E-state index contributed by atoms with van der Waals surface area (Å²) in [7, 11) is 2.05. The molecule has 1 unspecified atom stereocenters. The van der Waals surface area contributed by atoms with Gasteiger partial charge in [0.2, 0.25) is 0 Å². The maximum atomic E-state index is 12.3. The molecule has 0 bridgehead atoms. The van der Waals surface area contributed by atoms with Gasteiger partial charge in [0, 0.05) is 26.6 Å². The highest BCUT2D eigenvalue weighted by Crippen LogP contribution is 2.39. The van der Waals surface area contributed by atoms with Crippen molar-refractivity contribution in [3.63, 3.8) is 0 Å². The van der Waals surface area contributed by atoms with Gasteiger partial charge in [-0.3, -0.25) is 4.79 Å². The molecule has 0 N–H and O–H groups in total. The molecule has 1 atom stereocenters. The van der Waals surface area contributed by atoms with Gasteiger partial charge in [-0.15, -0.1) is 0 Å². The fourth-order valence-electron chi connectivity index (χ4n) is 3.21. The first kappa shape index (κ1) is 15.0. The molecule has 1 saturated heterocycles. The van der Waals surface area contributed by atoms with Crippen LogP contribution in [0, 0.1) is 5.41 Å². The van der Waals surface area contributed by atoms with Gasteiger partial charge >= 0.3 is 0 Å². The number of anilines is 1. The first-order valence-electron chi connectivity index (χ1n) is 7.80. The molecule has 1 aliphatic carbocycles. The summed E-state index contributed by atoms with van der Waals surface area (Å²) < 4.78 is 5.79. The van der Waals surface area contributed by atoms with Crippen LogP contribution in [-0.2, 0) is 11.2 Å². The third-order valence-electron chi connectivity index (χ3n) is 4.30. The second-order valence-electron chi connectivity index (χ2n) is 7.08. The molecule has 5 heteroatoms. The standard InChI is InChI=1S/C16H24N2O2S/c1-16(2)8-12-14(13(19)9-16)21-15(17-12)18(3)10-11-6-4-5-7-20-11/h11H,4-10H2,1-3H3.